The molecule has 0 atom stereocenters. The summed E-state index contributed by atoms with van der Waals surface area (Å²) in [5.41, 5.74) is 1.32. The fraction of sp³-hybridized carbons (Fsp3) is 0.652. The van der Waals surface area contributed by atoms with E-state index in [0.29, 0.717) is 0 Å². The highest BCUT2D eigenvalue weighted by Crippen LogP contribution is 2.13. The van der Waals surface area contributed by atoms with Crippen molar-refractivity contribution in [2.45, 2.75) is 96.8 Å². The predicted octanol–water partition coefficient (Wildman–Crippen LogP) is 8.18. The van der Waals surface area contributed by atoms with Crippen molar-refractivity contribution in [1.82, 2.24) is 0 Å². The third kappa shape index (κ3) is 13.1. The molecular weight excluding hydrogens is 276 g/mol. The van der Waals surface area contributed by atoms with E-state index >= 15 is 0 Å². The van der Waals surface area contributed by atoms with Crippen molar-refractivity contribution in [2.24, 2.45) is 0 Å². The third-order valence-electron chi connectivity index (χ3n) is 4.58. The van der Waals surface area contributed by atoms with Crippen molar-refractivity contribution in [1.29, 1.82) is 0 Å². The second-order valence-corrected chi connectivity index (χ2v) is 6.84. The van der Waals surface area contributed by atoms with Crippen molar-refractivity contribution in [3.8, 4) is 0 Å². The van der Waals surface area contributed by atoms with E-state index < -0.39 is 0 Å². The maximum absolute atomic E-state index is 2.33. The average Bonchev–Trinajstić information content (AvgIpc) is 2.59. The fourth-order valence-electron chi connectivity index (χ4n) is 3.06. The zero-order valence-corrected chi connectivity index (χ0v) is 15.4. The molecule has 1 rings (SSSR count). The van der Waals surface area contributed by atoms with Gasteiger partial charge in [0.2, 0.25) is 0 Å². The highest BCUT2D eigenvalue weighted by Gasteiger charge is 1.93. The summed E-state index contributed by atoms with van der Waals surface area (Å²) < 4.78 is 0. The van der Waals surface area contributed by atoms with Crippen LogP contribution >= 0.6 is 0 Å². The van der Waals surface area contributed by atoms with Crippen LogP contribution in [0.4, 0.5) is 0 Å². The van der Waals surface area contributed by atoms with Crippen LogP contribution in [0.3, 0.4) is 0 Å². The SMILES string of the molecule is CCCCCCCCCCCCCCCC=Cc1ccccc1. The van der Waals surface area contributed by atoms with Gasteiger partial charge in [0.15, 0.2) is 0 Å². The molecule has 0 heteroatoms. The zero-order valence-electron chi connectivity index (χ0n) is 15.4. The molecule has 130 valence electrons. The molecule has 0 bridgehead atoms. The molecule has 0 radical (unpaired) electrons. The summed E-state index contributed by atoms with van der Waals surface area (Å²) in [6.07, 6.45) is 24.4. The summed E-state index contributed by atoms with van der Waals surface area (Å²) >= 11 is 0. The summed E-state index contributed by atoms with van der Waals surface area (Å²) in [5, 5.41) is 0. The lowest BCUT2D eigenvalue weighted by atomic mass is 10.0. The van der Waals surface area contributed by atoms with Crippen molar-refractivity contribution in [2.75, 3.05) is 0 Å². The lowest BCUT2D eigenvalue weighted by molar-refractivity contribution is 0.540. The molecule has 0 saturated heterocycles. The molecule has 0 nitrogen and oxygen atoms in total. The molecule has 1 aromatic rings. The minimum absolute atomic E-state index is 1.23. The van der Waals surface area contributed by atoms with Crippen molar-refractivity contribution < 1.29 is 0 Å². The highest BCUT2D eigenvalue weighted by molar-refractivity contribution is 5.48. The van der Waals surface area contributed by atoms with Crippen LogP contribution in [0.15, 0.2) is 36.4 Å². The summed E-state index contributed by atoms with van der Waals surface area (Å²) in [4.78, 5) is 0. The van der Waals surface area contributed by atoms with E-state index in [2.05, 4.69) is 49.4 Å². The van der Waals surface area contributed by atoms with E-state index in [1.54, 1.807) is 0 Å². The lowest BCUT2D eigenvalue weighted by Gasteiger charge is -2.02. The Bertz CT molecular complexity index is 363. The van der Waals surface area contributed by atoms with Crippen molar-refractivity contribution >= 4 is 6.08 Å². The molecule has 1 aromatic carbocycles. The molecule has 23 heavy (non-hydrogen) atoms. The van der Waals surface area contributed by atoms with Crippen molar-refractivity contribution in [3.63, 3.8) is 0 Å². The number of benzene rings is 1. The molecule has 0 aliphatic carbocycles. The minimum atomic E-state index is 1.23. The Hall–Kier alpha value is -1.04. The van der Waals surface area contributed by atoms with Crippen LogP contribution in [0.5, 0.6) is 0 Å². The quantitative estimate of drug-likeness (QED) is 0.286. The van der Waals surface area contributed by atoms with Crippen molar-refractivity contribution in [3.05, 3.63) is 42.0 Å². The van der Waals surface area contributed by atoms with Gasteiger partial charge in [0.25, 0.3) is 0 Å². The van der Waals surface area contributed by atoms with Crippen LogP contribution in [0.2, 0.25) is 0 Å². The Morgan fingerprint density at radius 1 is 0.609 bits per heavy atom. The van der Waals surface area contributed by atoms with Gasteiger partial charge in [0.1, 0.15) is 0 Å². The van der Waals surface area contributed by atoms with E-state index in [9.17, 15) is 0 Å². The third-order valence-corrected chi connectivity index (χ3v) is 4.58. The first-order valence-corrected chi connectivity index (χ1v) is 10.1. The maximum atomic E-state index is 2.33. The van der Waals surface area contributed by atoms with Crippen LogP contribution in [-0.4, -0.2) is 0 Å². The summed E-state index contributed by atoms with van der Waals surface area (Å²) in [7, 11) is 0. The summed E-state index contributed by atoms with van der Waals surface area (Å²) in [5.74, 6) is 0. The Balaban J connectivity index is 1.77. The second kappa shape index (κ2) is 15.8. The van der Waals surface area contributed by atoms with E-state index in [1.807, 2.05) is 0 Å². The largest absolute Gasteiger partial charge is 0.0839 e. The second-order valence-electron chi connectivity index (χ2n) is 6.84. The van der Waals surface area contributed by atoms with Gasteiger partial charge in [-0.3, -0.25) is 0 Å². The number of rotatable bonds is 15. The maximum Gasteiger partial charge on any atom is -0.0260 e. The van der Waals surface area contributed by atoms with Crippen LogP contribution in [0, 0.1) is 0 Å². The van der Waals surface area contributed by atoms with Crippen LogP contribution in [0.1, 0.15) is 102 Å². The van der Waals surface area contributed by atoms with E-state index in [0.717, 1.165) is 0 Å². The Labute approximate surface area is 145 Å². The predicted molar refractivity (Wildman–Crippen MR) is 106 cm³/mol. The van der Waals surface area contributed by atoms with Gasteiger partial charge in [-0.1, -0.05) is 126 Å². The smallest absolute Gasteiger partial charge is 0.0260 e. The first-order valence-electron chi connectivity index (χ1n) is 10.1. The normalized spacial score (nSPS) is 11.3. The lowest BCUT2D eigenvalue weighted by Crippen LogP contribution is -1.82. The molecule has 0 N–H and O–H groups in total. The Kier molecular flexibility index (Phi) is 13.8. The fourth-order valence-corrected chi connectivity index (χ4v) is 3.06. The van der Waals surface area contributed by atoms with Gasteiger partial charge >= 0.3 is 0 Å². The van der Waals surface area contributed by atoms with E-state index in [4.69, 9.17) is 0 Å². The zero-order chi connectivity index (χ0) is 16.4. The van der Waals surface area contributed by atoms with Gasteiger partial charge < -0.3 is 0 Å². The standard InChI is InChI=1S/C23H38/c1-2-3-4-5-6-7-8-9-10-11-12-13-14-15-17-20-23-21-18-16-19-22-23/h16-22H,2-15H2,1H3. The number of hydrogen-bond donors (Lipinski definition) is 0. The molecular formula is C23H38. The molecule has 0 aromatic heterocycles. The molecule has 0 aliphatic rings. The van der Waals surface area contributed by atoms with Crippen LogP contribution < -0.4 is 0 Å². The van der Waals surface area contributed by atoms with Gasteiger partial charge in [-0.15, -0.1) is 0 Å². The van der Waals surface area contributed by atoms with E-state index in [-0.39, 0.29) is 0 Å². The molecule has 0 unspecified atom stereocenters. The highest BCUT2D eigenvalue weighted by atomic mass is 14.0. The number of allylic oxidation sites excluding steroid dienone is 1. The Morgan fingerprint density at radius 3 is 1.61 bits per heavy atom. The van der Waals surface area contributed by atoms with Crippen LogP contribution in [0.25, 0.3) is 6.08 Å². The molecule has 0 fully saturated rings. The van der Waals surface area contributed by atoms with Gasteiger partial charge in [-0.2, -0.15) is 0 Å². The number of hydrogen-bond acceptors (Lipinski definition) is 0. The molecule has 0 aliphatic heterocycles. The Morgan fingerprint density at radius 2 is 1.09 bits per heavy atom. The minimum Gasteiger partial charge on any atom is -0.0839 e. The van der Waals surface area contributed by atoms with Gasteiger partial charge in [0, 0.05) is 0 Å². The molecule has 0 saturated carbocycles. The average molecular weight is 315 g/mol. The van der Waals surface area contributed by atoms with Gasteiger partial charge in [-0.25, -0.2) is 0 Å². The van der Waals surface area contributed by atoms with Gasteiger partial charge in [0.05, 0.1) is 0 Å². The number of unbranched alkanes of at least 4 members (excludes halogenated alkanes) is 13. The van der Waals surface area contributed by atoms with E-state index in [1.165, 1.54) is 95.5 Å². The first-order chi connectivity index (χ1) is 11.4. The molecule has 0 amide bonds. The van der Waals surface area contributed by atoms with Gasteiger partial charge in [-0.05, 0) is 18.4 Å². The monoisotopic (exact) mass is 314 g/mol. The molecule has 0 spiro atoms. The van der Waals surface area contributed by atoms with Crippen LogP contribution in [-0.2, 0) is 0 Å². The summed E-state index contributed by atoms with van der Waals surface area (Å²) in [6.45, 7) is 2.29. The molecule has 0 heterocycles. The summed E-state index contributed by atoms with van der Waals surface area (Å²) in [6, 6.07) is 10.6. The topological polar surface area (TPSA) is 0 Å². The first kappa shape index (κ1) is 20.0.